The number of nitrogens with zero attached hydrogens (tertiary/aromatic N) is 1. The molecule has 0 aromatic carbocycles. The maximum atomic E-state index is 7.03. The smallest absolute Gasteiger partial charge is 0.522 e. The molecular weight excluding hydrogens is 710 g/mol. The second-order valence-electron chi connectivity index (χ2n) is 3.34. The zero-order valence-corrected chi connectivity index (χ0v) is 21.2. The van der Waals surface area contributed by atoms with Crippen LogP contribution in [0.4, 0.5) is 0 Å². The zero-order valence-electron chi connectivity index (χ0n) is 13.1. The van der Waals surface area contributed by atoms with Crippen LogP contribution >= 0.6 is 25.3 Å². The number of rotatable bonds is 4. The van der Waals surface area contributed by atoms with E-state index in [-0.39, 0.29) is 80.4 Å². The molecule has 0 fully saturated rings. The van der Waals surface area contributed by atoms with E-state index in [1.807, 2.05) is 27.7 Å². The van der Waals surface area contributed by atoms with E-state index in [2.05, 4.69) is 53.4 Å². The van der Waals surface area contributed by atoms with Crippen molar-refractivity contribution in [3.05, 3.63) is 35.2 Å². The Bertz CT molecular complexity index is 296. The van der Waals surface area contributed by atoms with Crippen LogP contribution in [0.2, 0.25) is 0 Å². The number of hydrogen-bond donors (Lipinski definition) is 2. The van der Waals surface area contributed by atoms with E-state index in [0.717, 1.165) is 0 Å². The second-order valence-corrected chi connectivity index (χ2v) is 3.79. The predicted molar refractivity (Wildman–Crippen MR) is 78.5 cm³/mol. The fourth-order valence-electron chi connectivity index (χ4n) is 0.427. The zero-order chi connectivity index (χ0) is 14.6. The Morgan fingerprint density at radius 2 is 1.61 bits per heavy atom. The molecule has 0 bridgehead atoms. The van der Waals surface area contributed by atoms with Crippen molar-refractivity contribution >= 4 is 31.5 Å². The second kappa shape index (κ2) is 23.8. The molecule has 0 saturated carbocycles. The Balaban J connectivity index is -0.000000116. The summed E-state index contributed by atoms with van der Waals surface area (Å²) < 4.78 is 13.9. The molecule has 96 valence electrons. The maximum Gasteiger partial charge on any atom is 2.00 e. The van der Waals surface area contributed by atoms with Crippen LogP contribution in [0, 0.1) is 91.0 Å². The third kappa shape index (κ3) is 36.1. The van der Waals surface area contributed by atoms with Crippen LogP contribution in [0.5, 0.6) is 0 Å². The van der Waals surface area contributed by atoms with Gasteiger partial charge in [0.2, 0.25) is 0 Å². The molecule has 0 aliphatic carbocycles. The van der Waals surface area contributed by atoms with E-state index in [9.17, 15) is 0 Å². The van der Waals surface area contributed by atoms with Crippen LogP contribution < -0.4 is 0 Å². The SMILES string of the molecule is [3H]C(=[C-]S)C=[C-]C(C)C.[3H]C(=[C-]S)N=[C-]C(C)C.[U+2].[U+2]. The van der Waals surface area contributed by atoms with E-state index in [1.54, 1.807) is 6.08 Å². The van der Waals surface area contributed by atoms with Gasteiger partial charge in [0, 0.05) is 0 Å². The summed E-state index contributed by atoms with van der Waals surface area (Å²) in [5.74, 6) is 0.624. The van der Waals surface area contributed by atoms with Crippen molar-refractivity contribution in [2.75, 3.05) is 0 Å². The minimum Gasteiger partial charge on any atom is -0.522 e. The third-order valence-electron chi connectivity index (χ3n) is 0.982. The normalized spacial score (nSPS) is 13.8. The van der Waals surface area contributed by atoms with Crippen molar-refractivity contribution < 1.29 is 65.0 Å². The van der Waals surface area contributed by atoms with Gasteiger partial charge >= 0.3 is 62.2 Å². The fourth-order valence-corrected chi connectivity index (χ4v) is 0.542. The summed E-state index contributed by atoms with van der Waals surface area (Å²) in [6.45, 7) is 7.88. The maximum absolute atomic E-state index is 7.03. The van der Waals surface area contributed by atoms with Gasteiger partial charge in [0.25, 0.3) is 0 Å². The van der Waals surface area contributed by atoms with E-state index in [1.165, 1.54) is 0 Å². The molecule has 0 spiro atoms. The monoisotopic (exact) mass is 733 g/mol. The fraction of sp³-hybridized carbons (Fsp3) is 0.462. The van der Waals surface area contributed by atoms with Gasteiger partial charge in [-0.25, -0.2) is 0 Å². The van der Waals surface area contributed by atoms with Gasteiger partial charge in [0.05, 0.1) is 0 Å². The summed E-state index contributed by atoms with van der Waals surface area (Å²) in [5, 5.41) is 4.65. The molecule has 0 unspecified atom stereocenters. The first-order valence-corrected chi connectivity index (χ1v) is 5.75. The van der Waals surface area contributed by atoms with Crippen molar-refractivity contribution in [3.63, 3.8) is 0 Å². The average Bonchev–Trinajstić information content (AvgIpc) is 2.33. The summed E-state index contributed by atoms with van der Waals surface area (Å²) >= 11 is 7.28. The molecule has 18 heavy (non-hydrogen) atoms. The number of thiol groups is 2. The van der Waals surface area contributed by atoms with Gasteiger partial charge in [0.1, 0.15) is 0 Å². The molecule has 1 nitrogen and oxygen atoms in total. The van der Waals surface area contributed by atoms with Gasteiger partial charge in [-0.05, 0) is 0 Å². The van der Waals surface area contributed by atoms with Gasteiger partial charge < -0.3 is 52.8 Å². The third-order valence-corrected chi connectivity index (χ3v) is 1.21. The number of hydrogen-bond acceptors (Lipinski definition) is 3. The average molecular weight is 734 g/mol. The predicted octanol–water partition coefficient (Wildman–Crippen LogP) is 4.04. The number of allylic oxidation sites excluding steroid dienone is 3. The molecule has 0 radical (unpaired) electrons. The molecule has 0 rings (SSSR count). The molecule has 0 aliphatic heterocycles. The van der Waals surface area contributed by atoms with Gasteiger partial charge in [-0.15, -0.1) is 7.29 Å². The number of aliphatic imine (C=N–C) groups is 1. The Kier molecular flexibility index (Phi) is 29.0. The first-order chi connectivity index (χ1) is 8.33. The molecule has 0 N–H and O–H groups in total. The van der Waals surface area contributed by atoms with Crippen molar-refractivity contribution in [2.45, 2.75) is 27.7 Å². The minimum absolute atomic E-state index is 0. The van der Waals surface area contributed by atoms with Crippen LogP contribution in [0.15, 0.2) is 23.3 Å². The molecule has 5 heteroatoms. The Morgan fingerprint density at radius 1 is 1.06 bits per heavy atom. The van der Waals surface area contributed by atoms with Crippen LogP contribution in [0.1, 0.15) is 30.4 Å². The van der Waals surface area contributed by atoms with Crippen molar-refractivity contribution in [1.29, 1.82) is 0 Å². The van der Waals surface area contributed by atoms with Gasteiger partial charge in [-0.1, -0.05) is 35.0 Å². The molecule has 0 atom stereocenters. The summed E-state index contributed by atoms with van der Waals surface area (Å²) in [7, 11) is 0. The summed E-state index contributed by atoms with van der Waals surface area (Å²) in [6, 6.07) is 0.270. The minimum atomic E-state index is 0. The molecular formula is C13H19NS2U2. The van der Waals surface area contributed by atoms with Crippen molar-refractivity contribution in [1.82, 2.24) is 0 Å². The first-order valence-electron chi connectivity index (χ1n) is 5.86. The quantitative estimate of drug-likeness (QED) is 0.188. The van der Waals surface area contributed by atoms with Gasteiger partial charge in [-0.3, -0.25) is 12.6 Å². The van der Waals surface area contributed by atoms with Crippen LogP contribution in [0.25, 0.3) is 0 Å². The van der Waals surface area contributed by atoms with Gasteiger partial charge in [0.15, 0.2) is 0 Å². The summed E-state index contributed by atoms with van der Waals surface area (Å²) in [5.41, 5.74) is 0. The van der Waals surface area contributed by atoms with Crippen LogP contribution in [-0.4, -0.2) is 6.21 Å². The molecule has 0 aliphatic rings. The Labute approximate surface area is 174 Å². The van der Waals surface area contributed by atoms with Crippen LogP contribution in [-0.2, 0) is 0 Å². The first kappa shape index (κ1) is 22.0. The van der Waals surface area contributed by atoms with E-state index < -0.39 is 0 Å². The standard InChI is InChI=1S/C7H10S.C6H9NS.2U/c1-7(2)5-3-4-6-8;1-6(2)5-7-3-4-8;;/h3-4,7-8H,1-2H3;3,6,8H,1-2H3;;/q2*-2;2*+2/i4T;3T;;. The van der Waals surface area contributed by atoms with Crippen molar-refractivity contribution in [3.8, 4) is 0 Å². The van der Waals surface area contributed by atoms with E-state index >= 15 is 0 Å². The topological polar surface area (TPSA) is 12.4 Å². The Morgan fingerprint density at radius 3 is 1.94 bits per heavy atom. The van der Waals surface area contributed by atoms with Crippen molar-refractivity contribution in [2.24, 2.45) is 16.8 Å². The van der Waals surface area contributed by atoms with E-state index in [4.69, 9.17) is 2.74 Å². The molecule has 0 amide bonds. The van der Waals surface area contributed by atoms with Crippen LogP contribution in [0.3, 0.4) is 0 Å². The molecule has 0 aromatic rings. The molecule has 0 saturated heterocycles. The Hall–Kier alpha value is 1.69. The molecule has 0 heterocycles. The largest absolute Gasteiger partial charge is 2.00 e. The van der Waals surface area contributed by atoms with E-state index in [0.29, 0.717) is 5.92 Å². The summed E-state index contributed by atoms with van der Waals surface area (Å²) in [6.07, 6.45) is 7.21. The summed E-state index contributed by atoms with van der Waals surface area (Å²) in [4.78, 5) is 3.59. The molecule has 0 aromatic heterocycles. The van der Waals surface area contributed by atoms with Gasteiger partial charge in [-0.2, -0.15) is 6.21 Å².